The topological polar surface area (TPSA) is 58.7 Å². The molecule has 15 heavy (non-hydrogen) atoms. The fraction of sp³-hybridized carbons (Fsp3) is 0.636. The number of hydrogen-bond acceptors (Lipinski definition) is 2. The summed E-state index contributed by atoms with van der Waals surface area (Å²) in [6.45, 7) is 8.29. The maximum Gasteiger partial charge on any atom is 0.346 e. The molecule has 4 heteroatoms. The molecule has 0 spiro atoms. The summed E-state index contributed by atoms with van der Waals surface area (Å²) < 4.78 is 0. The Morgan fingerprint density at radius 2 is 2.27 bits per heavy atom. The first-order valence-corrected chi connectivity index (χ1v) is 5.39. The lowest BCUT2D eigenvalue weighted by Crippen LogP contribution is -2.53. The lowest BCUT2D eigenvalue weighted by Gasteiger charge is -2.36. The second-order valence-electron chi connectivity index (χ2n) is 3.81. The number of urea groups is 1. The first-order chi connectivity index (χ1) is 7.12. The first-order valence-electron chi connectivity index (χ1n) is 5.39. The van der Waals surface area contributed by atoms with Gasteiger partial charge in [0.05, 0.1) is 0 Å². The highest BCUT2D eigenvalue weighted by molar-refractivity contribution is 6.05. The lowest BCUT2D eigenvalue weighted by molar-refractivity contribution is 0.171. The van der Waals surface area contributed by atoms with Crippen molar-refractivity contribution in [2.75, 3.05) is 6.54 Å². The molecule has 0 saturated heterocycles. The van der Waals surface area contributed by atoms with Crippen LogP contribution in [0.2, 0.25) is 0 Å². The molecule has 2 N–H and O–H groups in total. The molecule has 0 fully saturated rings. The number of rotatable bonds is 5. The minimum Gasteiger partial charge on any atom is -0.385 e. The van der Waals surface area contributed by atoms with E-state index in [1.807, 2.05) is 6.92 Å². The average molecular weight is 209 g/mol. The van der Waals surface area contributed by atoms with Crippen molar-refractivity contribution in [2.45, 2.75) is 38.6 Å². The maximum atomic E-state index is 11.6. The number of aliphatic imine (C=N–C) groups is 1. The first kappa shape index (κ1) is 11.8. The lowest BCUT2D eigenvalue weighted by atomic mass is 9.88. The van der Waals surface area contributed by atoms with Gasteiger partial charge in [-0.2, -0.15) is 4.99 Å². The zero-order valence-electron chi connectivity index (χ0n) is 9.49. The van der Waals surface area contributed by atoms with Crippen molar-refractivity contribution in [3.8, 4) is 0 Å². The van der Waals surface area contributed by atoms with Gasteiger partial charge in [-0.3, -0.25) is 0 Å². The normalized spacial score (nSPS) is 25.6. The zero-order chi connectivity index (χ0) is 11.5. The van der Waals surface area contributed by atoms with Crippen molar-refractivity contribution >= 4 is 11.9 Å². The average Bonchev–Trinajstić information content (AvgIpc) is 2.43. The molecule has 0 radical (unpaired) electrons. The SMILES string of the molecule is C=CCN1C(=O)N=C(N)C1(CC)CCC. The second-order valence-corrected chi connectivity index (χ2v) is 3.81. The largest absolute Gasteiger partial charge is 0.385 e. The van der Waals surface area contributed by atoms with Gasteiger partial charge < -0.3 is 10.6 Å². The molecule has 0 aromatic heterocycles. The molecule has 1 heterocycles. The predicted molar refractivity (Wildman–Crippen MR) is 61.9 cm³/mol. The third-order valence-electron chi connectivity index (χ3n) is 3.00. The van der Waals surface area contributed by atoms with Gasteiger partial charge in [0.1, 0.15) is 11.4 Å². The molecule has 0 bridgehead atoms. The van der Waals surface area contributed by atoms with Crippen LogP contribution in [0, 0.1) is 0 Å². The fourth-order valence-electron chi connectivity index (χ4n) is 2.20. The molecule has 1 rings (SSSR count). The minimum absolute atomic E-state index is 0.234. The number of amidine groups is 1. The van der Waals surface area contributed by atoms with E-state index >= 15 is 0 Å². The van der Waals surface area contributed by atoms with Gasteiger partial charge in [0, 0.05) is 6.54 Å². The molecule has 84 valence electrons. The van der Waals surface area contributed by atoms with E-state index in [4.69, 9.17) is 5.73 Å². The molecular weight excluding hydrogens is 190 g/mol. The maximum absolute atomic E-state index is 11.6. The molecule has 0 aromatic carbocycles. The van der Waals surface area contributed by atoms with Crippen LogP contribution >= 0.6 is 0 Å². The van der Waals surface area contributed by atoms with Gasteiger partial charge in [0.25, 0.3) is 0 Å². The zero-order valence-corrected chi connectivity index (χ0v) is 9.49. The Morgan fingerprint density at radius 1 is 1.60 bits per heavy atom. The Kier molecular flexibility index (Phi) is 3.50. The van der Waals surface area contributed by atoms with Crippen molar-refractivity contribution in [3.05, 3.63) is 12.7 Å². The van der Waals surface area contributed by atoms with Gasteiger partial charge in [-0.25, -0.2) is 4.79 Å². The van der Waals surface area contributed by atoms with Gasteiger partial charge in [-0.1, -0.05) is 26.3 Å². The van der Waals surface area contributed by atoms with E-state index in [1.165, 1.54) is 0 Å². The van der Waals surface area contributed by atoms with Crippen molar-refractivity contribution in [3.63, 3.8) is 0 Å². The standard InChI is InChI=1S/C11H19N3O/c1-4-7-11(6-3)9(12)13-10(15)14(11)8-5-2/h5H,2,4,6-8H2,1,3H3,(H2,12,13,15). The fourth-order valence-corrected chi connectivity index (χ4v) is 2.20. The van der Waals surface area contributed by atoms with E-state index in [9.17, 15) is 4.79 Å². The highest BCUT2D eigenvalue weighted by Crippen LogP contribution is 2.31. The van der Waals surface area contributed by atoms with Gasteiger partial charge >= 0.3 is 6.03 Å². The Balaban J connectivity index is 3.03. The summed E-state index contributed by atoms with van der Waals surface area (Å²) in [5, 5.41) is 0. The van der Waals surface area contributed by atoms with Crippen molar-refractivity contribution in [1.82, 2.24) is 4.90 Å². The van der Waals surface area contributed by atoms with Crippen LogP contribution < -0.4 is 5.73 Å². The molecule has 1 atom stereocenters. The Bertz CT molecular complexity index is 298. The van der Waals surface area contributed by atoms with E-state index in [2.05, 4.69) is 18.5 Å². The Hall–Kier alpha value is -1.32. The second kappa shape index (κ2) is 4.47. The summed E-state index contributed by atoms with van der Waals surface area (Å²) in [5.41, 5.74) is 5.50. The summed E-state index contributed by atoms with van der Waals surface area (Å²) in [5.74, 6) is 0.457. The van der Waals surface area contributed by atoms with Gasteiger partial charge in [-0.15, -0.1) is 6.58 Å². The van der Waals surface area contributed by atoms with Crippen LogP contribution in [0.3, 0.4) is 0 Å². The number of amides is 2. The van der Waals surface area contributed by atoms with Crippen LogP contribution in [0.1, 0.15) is 33.1 Å². The number of hydrogen-bond donors (Lipinski definition) is 1. The van der Waals surface area contributed by atoms with Crippen molar-refractivity contribution in [2.24, 2.45) is 10.7 Å². The molecule has 1 aliphatic rings. The number of carbonyl (C=O) groups excluding carboxylic acids is 1. The van der Waals surface area contributed by atoms with E-state index in [1.54, 1.807) is 11.0 Å². The summed E-state index contributed by atoms with van der Waals surface area (Å²) in [4.78, 5) is 17.2. The Morgan fingerprint density at radius 3 is 2.73 bits per heavy atom. The molecular formula is C11H19N3O. The monoisotopic (exact) mass is 209 g/mol. The summed E-state index contributed by atoms with van der Waals surface area (Å²) >= 11 is 0. The molecule has 1 unspecified atom stereocenters. The highest BCUT2D eigenvalue weighted by atomic mass is 16.2. The van der Waals surface area contributed by atoms with Crippen LogP contribution in [0.4, 0.5) is 4.79 Å². The molecule has 1 aliphatic heterocycles. The molecule has 2 amide bonds. The predicted octanol–water partition coefficient (Wildman–Crippen LogP) is 1.91. The van der Waals surface area contributed by atoms with Crippen LogP contribution in [-0.4, -0.2) is 28.9 Å². The van der Waals surface area contributed by atoms with Crippen LogP contribution in [0.25, 0.3) is 0 Å². The van der Waals surface area contributed by atoms with E-state index < -0.39 is 0 Å². The smallest absolute Gasteiger partial charge is 0.346 e. The summed E-state index contributed by atoms with van der Waals surface area (Å²) in [7, 11) is 0. The van der Waals surface area contributed by atoms with Crippen molar-refractivity contribution < 1.29 is 4.79 Å². The summed E-state index contributed by atoms with van der Waals surface area (Å²) in [6.07, 6.45) is 4.35. The van der Waals surface area contributed by atoms with Crippen LogP contribution in [-0.2, 0) is 0 Å². The summed E-state index contributed by atoms with van der Waals surface area (Å²) in [6, 6.07) is -0.234. The third-order valence-corrected chi connectivity index (χ3v) is 3.00. The van der Waals surface area contributed by atoms with Crippen LogP contribution in [0.5, 0.6) is 0 Å². The molecule has 0 saturated carbocycles. The Labute approximate surface area is 90.8 Å². The number of carbonyl (C=O) groups is 1. The third kappa shape index (κ3) is 1.76. The van der Waals surface area contributed by atoms with Gasteiger partial charge in [0.15, 0.2) is 0 Å². The molecule has 0 aromatic rings. The van der Waals surface area contributed by atoms with Crippen LogP contribution in [0.15, 0.2) is 17.6 Å². The van der Waals surface area contributed by atoms with Gasteiger partial charge in [-0.05, 0) is 12.8 Å². The highest BCUT2D eigenvalue weighted by Gasteiger charge is 2.45. The molecule has 0 aliphatic carbocycles. The minimum atomic E-state index is -0.375. The number of nitrogens with two attached hydrogens (primary N) is 1. The van der Waals surface area contributed by atoms with Gasteiger partial charge in [0.2, 0.25) is 0 Å². The van der Waals surface area contributed by atoms with E-state index in [0.717, 1.165) is 19.3 Å². The van der Waals surface area contributed by atoms with Crippen molar-refractivity contribution in [1.29, 1.82) is 0 Å². The quantitative estimate of drug-likeness (QED) is 0.703. The van der Waals surface area contributed by atoms with E-state index in [-0.39, 0.29) is 11.6 Å². The van der Waals surface area contributed by atoms with E-state index in [0.29, 0.717) is 12.4 Å². The number of nitrogens with zero attached hydrogens (tertiary/aromatic N) is 2. The molecule has 4 nitrogen and oxygen atoms in total.